The minimum atomic E-state index is -0.251. The molecule has 0 aromatic heterocycles. The van der Waals surface area contributed by atoms with Crippen LogP contribution in [0.15, 0.2) is 29.3 Å². The monoisotopic (exact) mass is 451 g/mol. The fraction of sp³-hybridized carbons (Fsp3) is 0.588. The predicted octanol–water partition coefficient (Wildman–Crippen LogP) is 2.87. The average molecular weight is 451 g/mol. The first-order valence-corrected chi connectivity index (χ1v) is 8.15. The Hall–Kier alpha value is -0.930. The van der Waals surface area contributed by atoms with E-state index in [1.807, 2.05) is 6.92 Å². The number of ether oxygens (including phenoxy) is 2. The highest BCUT2D eigenvalue weighted by Gasteiger charge is 2.16. The molecule has 0 bridgehead atoms. The minimum absolute atomic E-state index is 0. The third-order valence-corrected chi connectivity index (χ3v) is 3.81. The van der Waals surface area contributed by atoms with Crippen LogP contribution in [0.1, 0.15) is 31.4 Å². The second-order valence-electron chi connectivity index (χ2n) is 5.51. The highest BCUT2D eigenvalue weighted by Crippen LogP contribution is 2.17. The molecule has 5 nitrogen and oxygen atoms in total. The van der Waals surface area contributed by atoms with Gasteiger partial charge < -0.3 is 20.1 Å². The van der Waals surface area contributed by atoms with Gasteiger partial charge in [0.05, 0.1) is 12.6 Å². The van der Waals surface area contributed by atoms with Gasteiger partial charge in [-0.3, -0.25) is 4.99 Å². The van der Waals surface area contributed by atoms with Gasteiger partial charge in [0.15, 0.2) is 5.96 Å². The van der Waals surface area contributed by atoms with Crippen molar-refractivity contribution in [2.45, 2.75) is 32.0 Å². The van der Waals surface area contributed by atoms with Crippen LogP contribution < -0.4 is 10.6 Å². The Morgan fingerprint density at radius 1 is 1.38 bits per heavy atom. The number of rotatable bonds is 7. The Kier molecular flexibility index (Phi) is 10.2. The lowest BCUT2D eigenvalue weighted by molar-refractivity contribution is 0.110. The molecule has 1 aliphatic heterocycles. The number of nitrogens with zero attached hydrogens (tertiary/aromatic N) is 1. The van der Waals surface area contributed by atoms with Gasteiger partial charge >= 0.3 is 0 Å². The first-order valence-electron chi connectivity index (χ1n) is 8.15. The number of halogens is 2. The average Bonchev–Trinajstić information content (AvgIpc) is 3.08. The van der Waals surface area contributed by atoms with Gasteiger partial charge in [-0.2, -0.15) is 0 Å². The van der Waals surface area contributed by atoms with Crippen molar-refractivity contribution in [2.24, 2.45) is 4.99 Å². The summed E-state index contributed by atoms with van der Waals surface area (Å²) in [5, 5.41) is 6.52. The number of benzene rings is 1. The maximum Gasteiger partial charge on any atom is 0.191 e. The smallest absolute Gasteiger partial charge is 0.191 e. The normalized spacial score (nSPS) is 18.8. The Labute approximate surface area is 160 Å². The molecule has 1 heterocycles. The highest BCUT2D eigenvalue weighted by molar-refractivity contribution is 14.0. The number of nitrogens with one attached hydrogen (secondary N) is 2. The van der Waals surface area contributed by atoms with E-state index < -0.39 is 0 Å². The summed E-state index contributed by atoms with van der Waals surface area (Å²) in [6.45, 7) is 4.86. The summed E-state index contributed by atoms with van der Waals surface area (Å²) in [7, 11) is 1.64. The zero-order valence-corrected chi connectivity index (χ0v) is 16.6. The quantitative estimate of drug-likeness (QED) is 0.381. The molecule has 1 aliphatic rings. The van der Waals surface area contributed by atoms with E-state index in [9.17, 15) is 4.39 Å². The molecule has 0 saturated carbocycles. The lowest BCUT2D eigenvalue weighted by Gasteiger charge is -2.17. The summed E-state index contributed by atoms with van der Waals surface area (Å²) < 4.78 is 24.1. The topological polar surface area (TPSA) is 54.9 Å². The van der Waals surface area contributed by atoms with E-state index in [0.717, 1.165) is 44.1 Å². The second kappa shape index (κ2) is 11.6. The van der Waals surface area contributed by atoms with Crippen LogP contribution in [0.3, 0.4) is 0 Å². The van der Waals surface area contributed by atoms with Gasteiger partial charge in [-0.15, -0.1) is 24.0 Å². The molecule has 2 N–H and O–H groups in total. The summed E-state index contributed by atoms with van der Waals surface area (Å²) in [6, 6.07) is 6.33. The molecule has 0 aliphatic carbocycles. The van der Waals surface area contributed by atoms with Crippen LogP contribution >= 0.6 is 24.0 Å². The van der Waals surface area contributed by atoms with E-state index >= 15 is 0 Å². The van der Waals surface area contributed by atoms with E-state index in [0.29, 0.717) is 6.54 Å². The molecule has 0 radical (unpaired) electrons. The van der Waals surface area contributed by atoms with Crippen molar-refractivity contribution >= 4 is 29.9 Å². The largest absolute Gasteiger partial charge is 0.376 e. The number of aliphatic imine (C=N–C) groups is 1. The molecular formula is C17H27FIN3O2. The van der Waals surface area contributed by atoms with E-state index in [1.165, 1.54) is 12.1 Å². The molecule has 0 spiro atoms. The van der Waals surface area contributed by atoms with Crippen LogP contribution in [0.25, 0.3) is 0 Å². The van der Waals surface area contributed by atoms with Gasteiger partial charge in [-0.25, -0.2) is 4.39 Å². The SMILES string of the molecule is CCNC(=NCC(OC)c1ccc(F)cc1)NCC1CCCO1.I. The van der Waals surface area contributed by atoms with Crippen molar-refractivity contribution in [3.05, 3.63) is 35.6 Å². The van der Waals surface area contributed by atoms with Crippen LogP contribution in [0, 0.1) is 5.82 Å². The van der Waals surface area contributed by atoms with Gasteiger partial charge in [-0.05, 0) is 37.5 Å². The van der Waals surface area contributed by atoms with Crippen molar-refractivity contribution in [1.82, 2.24) is 10.6 Å². The van der Waals surface area contributed by atoms with Crippen molar-refractivity contribution in [2.75, 3.05) is 33.4 Å². The molecular weight excluding hydrogens is 424 g/mol. The van der Waals surface area contributed by atoms with Crippen molar-refractivity contribution in [3.8, 4) is 0 Å². The van der Waals surface area contributed by atoms with Crippen LogP contribution in [0.5, 0.6) is 0 Å². The zero-order chi connectivity index (χ0) is 16.5. The number of guanidine groups is 1. The van der Waals surface area contributed by atoms with E-state index in [-0.39, 0.29) is 42.0 Å². The molecule has 1 saturated heterocycles. The van der Waals surface area contributed by atoms with E-state index in [4.69, 9.17) is 9.47 Å². The lowest BCUT2D eigenvalue weighted by Crippen LogP contribution is -2.41. The summed E-state index contributed by atoms with van der Waals surface area (Å²) >= 11 is 0. The summed E-state index contributed by atoms with van der Waals surface area (Å²) in [6.07, 6.45) is 2.27. The Bertz CT molecular complexity index is 493. The highest BCUT2D eigenvalue weighted by atomic mass is 127. The zero-order valence-electron chi connectivity index (χ0n) is 14.3. The minimum Gasteiger partial charge on any atom is -0.376 e. The van der Waals surface area contributed by atoms with Crippen LogP contribution in [-0.4, -0.2) is 45.4 Å². The molecule has 1 aromatic rings. The fourth-order valence-corrected chi connectivity index (χ4v) is 2.53. The van der Waals surface area contributed by atoms with Crippen molar-refractivity contribution in [3.63, 3.8) is 0 Å². The maximum atomic E-state index is 13.0. The van der Waals surface area contributed by atoms with Gasteiger partial charge in [-0.1, -0.05) is 12.1 Å². The molecule has 24 heavy (non-hydrogen) atoms. The Morgan fingerprint density at radius 3 is 2.71 bits per heavy atom. The van der Waals surface area contributed by atoms with Crippen molar-refractivity contribution in [1.29, 1.82) is 0 Å². The molecule has 1 fully saturated rings. The molecule has 2 atom stereocenters. The van der Waals surface area contributed by atoms with Gasteiger partial charge in [0.1, 0.15) is 11.9 Å². The molecule has 1 aromatic carbocycles. The Morgan fingerprint density at radius 2 is 2.12 bits per heavy atom. The fourth-order valence-electron chi connectivity index (χ4n) is 2.53. The molecule has 2 rings (SSSR count). The first-order chi connectivity index (χ1) is 11.2. The lowest BCUT2D eigenvalue weighted by atomic mass is 10.1. The first kappa shape index (κ1) is 21.1. The predicted molar refractivity (Wildman–Crippen MR) is 105 cm³/mol. The van der Waals surface area contributed by atoms with E-state index in [2.05, 4.69) is 15.6 Å². The van der Waals surface area contributed by atoms with Crippen LogP contribution in [0.4, 0.5) is 4.39 Å². The maximum absolute atomic E-state index is 13.0. The van der Waals surface area contributed by atoms with Crippen LogP contribution in [0.2, 0.25) is 0 Å². The Balaban J connectivity index is 0.00000288. The molecule has 0 amide bonds. The number of hydrogen-bond donors (Lipinski definition) is 2. The molecule has 136 valence electrons. The third-order valence-electron chi connectivity index (χ3n) is 3.81. The molecule has 2 unspecified atom stereocenters. The summed E-state index contributed by atoms with van der Waals surface area (Å²) in [4.78, 5) is 4.56. The van der Waals surface area contributed by atoms with E-state index in [1.54, 1.807) is 19.2 Å². The van der Waals surface area contributed by atoms with Crippen molar-refractivity contribution < 1.29 is 13.9 Å². The summed E-state index contributed by atoms with van der Waals surface area (Å²) in [5.74, 6) is 0.492. The van der Waals surface area contributed by atoms with Gasteiger partial charge in [0, 0.05) is 26.8 Å². The number of hydrogen-bond acceptors (Lipinski definition) is 3. The van der Waals surface area contributed by atoms with Gasteiger partial charge in [0.25, 0.3) is 0 Å². The number of methoxy groups -OCH3 is 1. The second-order valence-corrected chi connectivity index (χ2v) is 5.51. The van der Waals surface area contributed by atoms with Crippen LogP contribution in [-0.2, 0) is 9.47 Å². The standard InChI is InChI=1S/C17H26FN3O2.HI/c1-3-19-17(20-11-15-5-4-10-23-15)21-12-16(22-2)13-6-8-14(18)9-7-13;/h6-9,15-16H,3-5,10-12H2,1-2H3,(H2,19,20,21);1H. The molecule has 7 heteroatoms. The summed E-state index contributed by atoms with van der Waals surface area (Å²) in [5.41, 5.74) is 0.910. The third kappa shape index (κ3) is 6.90. The van der Waals surface area contributed by atoms with Gasteiger partial charge in [0.2, 0.25) is 0 Å².